The van der Waals surface area contributed by atoms with Gasteiger partial charge in [0.15, 0.2) is 0 Å². The molecule has 0 aliphatic rings. The average Bonchev–Trinajstić information content (AvgIpc) is 2.62. The molecule has 2 amide bonds. The molecule has 0 unspecified atom stereocenters. The molecule has 15 heavy (non-hydrogen) atoms. The van der Waals surface area contributed by atoms with E-state index in [9.17, 15) is 4.79 Å². The summed E-state index contributed by atoms with van der Waals surface area (Å²) in [6.07, 6.45) is 2.07. The predicted molar refractivity (Wildman–Crippen MR) is 56.4 cm³/mol. The van der Waals surface area contributed by atoms with Gasteiger partial charge in [-0.25, -0.2) is 4.79 Å². The van der Waals surface area contributed by atoms with Crippen molar-refractivity contribution in [1.82, 2.24) is 15.8 Å². The molecule has 1 heterocycles. The minimum Gasteiger partial charge on any atom is -0.361 e. The van der Waals surface area contributed by atoms with E-state index in [2.05, 4.69) is 22.7 Å². The van der Waals surface area contributed by atoms with Crippen LogP contribution in [0, 0.1) is 6.92 Å². The van der Waals surface area contributed by atoms with Crippen molar-refractivity contribution in [3.8, 4) is 0 Å². The van der Waals surface area contributed by atoms with E-state index in [0.29, 0.717) is 13.1 Å². The lowest BCUT2D eigenvalue weighted by Gasteiger charge is -2.04. The van der Waals surface area contributed by atoms with Gasteiger partial charge in [-0.1, -0.05) is 18.5 Å². The van der Waals surface area contributed by atoms with Gasteiger partial charge in [-0.3, -0.25) is 0 Å². The highest BCUT2D eigenvalue weighted by Crippen LogP contribution is 2.00. The first-order valence-corrected chi connectivity index (χ1v) is 5.16. The van der Waals surface area contributed by atoms with E-state index >= 15 is 0 Å². The smallest absolute Gasteiger partial charge is 0.315 e. The summed E-state index contributed by atoms with van der Waals surface area (Å²) in [5.74, 6) is 0.748. The molecular formula is C10H17N3O2. The molecule has 0 aliphatic heterocycles. The lowest BCUT2D eigenvalue weighted by molar-refractivity contribution is 0.240. The first kappa shape index (κ1) is 11.6. The van der Waals surface area contributed by atoms with Crippen LogP contribution < -0.4 is 10.6 Å². The fraction of sp³-hybridized carbons (Fsp3) is 0.600. The number of unbranched alkanes of at least 4 members (excludes halogenated alkanes) is 1. The van der Waals surface area contributed by atoms with Gasteiger partial charge in [0.2, 0.25) is 0 Å². The molecule has 0 saturated heterocycles. The maximum Gasteiger partial charge on any atom is 0.315 e. The van der Waals surface area contributed by atoms with Crippen molar-refractivity contribution in [1.29, 1.82) is 0 Å². The molecule has 0 aromatic carbocycles. The number of nitrogens with zero attached hydrogens (tertiary/aromatic N) is 1. The average molecular weight is 211 g/mol. The zero-order valence-corrected chi connectivity index (χ0v) is 9.17. The van der Waals surface area contributed by atoms with Crippen LogP contribution in [0.1, 0.15) is 31.2 Å². The molecule has 0 aliphatic carbocycles. The van der Waals surface area contributed by atoms with Crippen LogP contribution in [-0.2, 0) is 6.54 Å². The number of hydrogen-bond acceptors (Lipinski definition) is 3. The summed E-state index contributed by atoms with van der Waals surface area (Å²) < 4.78 is 4.87. The number of nitrogens with one attached hydrogen (secondary N) is 2. The summed E-state index contributed by atoms with van der Waals surface area (Å²) in [5, 5.41) is 9.22. The Morgan fingerprint density at radius 1 is 1.53 bits per heavy atom. The molecule has 1 aromatic heterocycles. The highest BCUT2D eigenvalue weighted by molar-refractivity contribution is 5.73. The third-order valence-electron chi connectivity index (χ3n) is 1.92. The van der Waals surface area contributed by atoms with Crippen LogP contribution >= 0.6 is 0 Å². The molecule has 0 radical (unpaired) electrons. The minimum absolute atomic E-state index is 0.163. The highest BCUT2D eigenvalue weighted by Gasteiger charge is 2.02. The van der Waals surface area contributed by atoms with Crippen LogP contribution in [0.15, 0.2) is 10.6 Å². The number of carbonyl (C=O) groups excluding carboxylic acids is 1. The van der Waals surface area contributed by atoms with Gasteiger partial charge in [0.25, 0.3) is 0 Å². The largest absolute Gasteiger partial charge is 0.361 e. The quantitative estimate of drug-likeness (QED) is 0.727. The number of urea groups is 1. The van der Waals surface area contributed by atoms with E-state index in [0.717, 1.165) is 24.3 Å². The minimum atomic E-state index is -0.163. The molecule has 1 aromatic rings. The van der Waals surface area contributed by atoms with E-state index in [1.165, 1.54) is 0 Å². The summed E-state index contributed by atoms with van der Waals surface area (Å²) in [6.45, 7) is 5.01. The van der Waals surface area contributed by atoms with Gasteiger partial charge < -0.3 is 15.2 Å². The van der Waals surface area contributed by atoms with Crippen molar-refractivity contribution in [2.45, 2.75) is 33.2 Å². The first-order chi connectivity index (χ1) is 7.22. The second-order valence-corrected chi connectivity index (χ2v) is 3.39. The Hall–Kier alpha value is -1.52. The first-order valence-electron chi connectivity index (χ1n) is 5.16. The van der Waals surface area contributed by atoms with Crippen LogP contribution in [0.2, 0.25) is 0 Å². The van der Waals surface area contributed by atoms with Crippen molar-refractivity contribution in [2.75, 3.05) is 6.54 Å². The third kappa shape index (κ3) is 4.49. The number of amides is 2. The van der Waals surface area contributed by atoms with Gasteiger partial charge in [0, 0.05) is 12.6 Å². The molecule has 5 heteroatoms. The van der Waals surface area contributed by atoms with Gasteiger partial charge in [-0.15, -0.1) is 0 Å². The van der Waals surface area contributed by atoms with E-state index < -0.39 is 0 Å². The summed E-state index contributed by atoms with van der Waals surface area (Å²) in [7, 11) is 0. The van der Waals surface area contributed by atoms with E-state index in [4.69, 9.17) is 4.52 Å². The topological polar surface area (TPSA) is 67.2 Å². The standard InChI is InChI=1S/C10H17N3O2/c1-3-4-5-11-10(14)12-7-9-6-8(2)15-13-9/h6H,3-5,7H2,1-2H3,(H2,11,12,14). The highest BCUT2D eigenvalue weighted by atomic mass is 16.5. The van der Waals surface area contributed by atoms with Gasteiger partial charge >= 0.3 is 6.03 Å². The van der Waals surface area contributed by atoms with Crippen LogP contribution in [0.25, 0.3) is 0 Å². The van der Waals surface area contributed by atoms with Crippen LogP contribution in [-0.4, -0.2) is 17.7 Å². The SMILES string of the molecule is CCCCNC(=O)NCc1cc(C)on1. The van der Waals surface area contributed by atoms with Crippen molar-refractivity contribution in [3.63, 3.8) is 0 Å². The fourth-order valence-electron chi connectivity index (χ4n) is 1.11. The number of aromatic nitrogens is 1. The van der Waals surface area contributed by atoms with Gasteiger partial charge in [0.05, 0.1) is 6.54 Å². The maximum atomic E-state index is 11.2. The molecule has 2 N–H and O–H groups in total. The molecule has 0 fully saturated rings. The van der Waals surface area contributed by atoms with Gasteiger partial charge in [-0.05, 0) is 13.3 Å². The summed E-state index contributed by atoms with van der Waals surface area (Å²) in [4.78, 5) is 11.2. The van der Waals surface area contributed by atoms with Crippen LogP contribution in [0.4, 0.5) is 4.79 Å². The van der Waals surface area contributed by atoms with Crippen LogP contribution in [0.5, 0.6) is 0 Å². The number of hydrogen-bond donors (Lipinski definition) is 2. The third-order valence-corrected chi connectivity index (χ3v) is 1.92. The van der Waals surface area contributed by atoms with Crippen molar-refractivity contribution in [3.05, 3.63) is 17.5 Å². The van der Waals surface area contributed by atoms with Crippen molar-refractivity contribution < 1.29 is 9.32 Å². The Balaban J connectivity index is 2.16. The summed E-state index contributed by atoms with van der Waals surface area (Å²) in [5.41, 5.74) is 0.734. The lowest BCUT2D eigenvalue weighted by atomic mass is 10.3. The number of carbonyl (C=O) groups is 1. The Bertz CT molecular complexity index is 309. The Labute approximate surface area is 89.2 Å². The van der Waals surface area contributed by atoms with Crippen molar-refractivity contribution in [2.24, 2.45) is 0 Å². The molecule has 5 nitrogen and oxygen atoms in total. The molecular weight excluding hydrogens is 194 g/mol. The van der Waals surface area contributed by atoms with E-state index in [1.54, 1.807) is 6.07 Å². The van der Waals surface area contributed by atoms with Gasteiger partial charge in [0.1, 0.15) is 11.5 Å². The lowest BCUT2D eigenvalue weighted by Crippen LogP contribution is -2.35. The molecule has 1 rings (SSSR count). The van der Waals surface area contributed by atoms with Gasteiger partial charge in [-0.2, -0.15) is 0 Å². The maximum absolute atomic E-state index is 11.2. The Kier molecular flexibility index (Phi) is 4.66. The summed E-state index contributed by atoms with van der Waals surface area (Å²) >= 11 is 0. The second kappa shape index (κ2) is 6.06. The monoisotopic (exact) mass is 211 g/mol. The Morgan fingerprint density at radius 2 is 2.33 bits per heavy atom. The second-order valence-electron chi connectivity index (χ2n) is 3.39. The zero-order valence-electron chi connectivity index (χ0n) is 9.17. The van der Waals surface area contributed by atoms with E-state index in [1.807, 2.05) is 6.92 Å². The molecule has 0 bridgehead atoms. The zero-order chi connectivity index (χ0) is 11.1. The van der Waals surface area contributed by atoms with Crippen molar-refractivity contribution >= 4 is 6.03 Å². The number of rotatable bonds is 5. The van der Waals surface area contributed by atoms with Crippen LogP contribution in [0.3, 0.4) is 0 Å². The number of aryl methyl sites for hydroxylation is 1. The Morgan fingerprint density at radius 3 is 2.93 bits per heavy atom. The van der Waals surface area contributed by atoms with E-state index in [-0.39, 0.29) is 6.03 Å². The molecule has 0 saturated carbocycles. The normalized spacial score (nSPS) is 10.0. The summed E-state index contributed by atoms with van der Waals surface area (Å²) in [6, 6.07) is 1.64. The molecule has 0 spiro atoms. The molecule has 84 valence electrons. The predicted octanol–water partition coefficient (Wildman–Crippen LogP) is 1.58. The fourth-order valence-corrected chi connectivity index (χ4v) is 1.11. The molecule has 0 atom stereocenters.